The molecule has 0 radical (unpaired) electrons. The minimum atomic E-state index is -3.18. The number of sulfone groups is 1. The Kier molecular flexibility index (Phi) is 7.79. The average molecular weight is 577 g/mol. The quantitative estimate of drug-likeness (QED) is 0.315. The molecule has 3 unspecified atom stereocenters. The van der Waals surface area contributed by atoms with Crippen LogP contribution in [0.15, 0.2) is 45.7 Å². The van der Waals surface area contributed by atoms with Crippen molar-refractivity contribution < 1.29 is 26.8 Å². The maximum absolute atomic E-state index is 13.3. The van der Waals surface area contributed by atoms with Gasteiger partial charge in [0.15, 0.2) is 9.84 Å². The van der Waals surface area contributed by atoms with Gasteiger partial charge in [0.2, 0.25) is 5.91 Å². The van der Waals surface area contributed by atoms with E-state index < -0.39 is 15.9 Å². The van der Waals surface area contributed by atoms with Crippen molar-refractivity contribution >= 4 is 56.0 Å². The topological polar surface area (TPSA) is 87.9 Å². The molecule has 0 N–H and O–H groups in total. The summed E-state index contributed by atoms with van der Waals surface area (Å²) in [5.41, 5.74) is 0.696. The Morgan fingerprint density at radius 3 is 2.66 bits per heavy atom. The summed E-state index contributed by atoms with van der Waals surface area (Å²) in [5, 5.41) is 0. The van der Waals surface area contributed by atoms with Gasteiger partial charge in [-0.05, 0) is 61.1 Å². The first-order chi connectivity index (χ1) is 18.1. The van der Waals surface area contributed by atoms with E-state index in [1.165, 1.54) is 28.8 Å². The van der Waals surface area contributed by atoms with Crippen LogP contribution in [0, 0.1) is 11.7 Å². The molecule has 1 aromatic carbocycles. The van der Waals surface area contributed by atoms with Crippen molar-refractivity contribution in [3.63, 3.8) is 0 Å². The van der Waals surface area contributed by atoms with Gasteiger partial charge in [-0.2, -0.15) is 0 Å². The summed E-state index contributed by atoms with van der Waals surface area (Å²) in [6.07, 6.45) is 3.70. The minimum Gasteiger partial charge on any atom is -0.464 e. The summed E-state index contributed by atoms with van der Waals surface area (Å²) in [4.78, 5) is 29.8. The number of halogens is 1. The number of rotatable bonds is 9. The Balaban J connectivity index is 1.21. The average Bonchev–Trinajstić information content (AvgIpc) is 3.15. The number of carbonyl (C=O) groups excluding carboxylic acids is 2. The summed E-state index contributed by atoms with van der Waals surface area (Å²) in [6.45, 7) is 2.67. The fraction of sp³-hybridized carbons (Fsp3) is 0.444. The minimum absolute atomic E-state index is 0.0468. The number of thioether (sulfide) groups is 1. The standard InChI is InChI=1S/C27H29FN2O5S3/c1-17-13-22(17)23-9-8-21(35-23)15-30(20-10-12-38(33,34)16-20)25(31)3-2-11-29-26(32)24(37-27(29)36)14-18-4-6-19(28)7-5-18/h4-9,14,17,20,22H,2-3,10-13,15-16H2,1H3/b24-14-. The van der Waals surface area contributed by atoms with Gasteiger partial charge in [-0.3, -0.25) is 14.5 Å². The Hall–Kier alpha value is -2.50. The molecule has 2 saturated heterocycles. The maximum atomic E-state index is 13.3. The highest BCUT2D eigenvalue weighted by molar-refractivity contribution is 8.26. The second-order valence-corrected chi connectivity index (χ2v) is 14.1. The fourth-order valence-electron chi connectivity index (χ4n) is 4.94. The van der Waals surface area contributed by atoms with E-state index in [2.05, 4.69) is 6.92 Å². The third-order valence-corrected chi connectivity index (χ3v) is 10.4. The second-order valence-electron chi connectivity index (χ2n) is 10.2. The van der Waals surface area contributed by atoms with Gasteiger partial charge in [0.05, 0.1) is 23.0 Å². The molecule has 2 amide bonds. The Morgan fingerprint density at radius 1 is 1.26 bits per heavy atom. The van der Waals surface area contributed by atoms with Crippen molar-refractivity contribution in [1.82, 2.24) is 9.80 Å². The summed E-state index contributed by atoms with van der Waals surface area (Å²) < 4.78 is 43.9. The van der Waals surface area contributed by atoms with Gasteiger partial charge in [0.1, 0.15) is 21.7 Å². The largest absolute Gasteiger partial charge is 0.464 e. The highest BCUT2D eigenvalue weighted by atomic mass is 32.2. The first-order valence-electron chi connectivity index (χ1n) is 12.7. The zero-order valence-corrected chi connectivity index (χ0v) is 23.4. The van der Waals surface area contributed by atoms with E-state index >= 15 is 0 Å². The van der Waals surface area contributed by atoms with Gasteiger partial charge < -0.3 is 9.32 Å². The number of thiocarbonyl (C=S) groups is 1. The molecule has 38 heavy (non-hydrogen) atoms. The third kappa shape index (κ3) is 6.21. The molecule has 7 nitrogen and oxygen atoms in total. The number of hydrogen-bond donors (Lipinski definition) is 0. The summed E-state index contributed by atoms with van der Waals surface area (Å²) in [5.74, 6) is 1.84. The monoisotopic (exact) mass is 576 g/mol. The lowest BCUT2D eigenvalue weighted by Crippen LogP contribution is -2.41. The van der Waals surface area contributed by atoms with Gasteiger partial charge >= 0.3 is 0 Å². The maximum Gasteiger partial charge on any atom is 0.266 e. The third-order valence-electron chi connectivity index (χ3n) is 7.27. The molecule has 2 aromatic rings. The molecule has 3 atom stereocenters. The summed E-state index contributed by atoms with van der Waals surface area (Å²) in [7, 11) is -3.18. The van der Waals surface area contributed by atoms with Crippen LogP contribution < -0.4 is 0 Å². The lowest BCUT2D eigenvalue weighted by Gasteiger charge is -2.28. The predicted octanol–water partition coefficient (Wildman–Crippen LogP) is 4.74. The van der Waals surface area contributed by atoms with Gasteiger partial charge in [0, 0.05) is 24.9 Å². The molecule has 3 fully saturated rings. The molecule has 3 heterocycles. The van der Waals surface area contributed by atoms with Crippen molar-refractivity contribution in [2.75, 3.05) is 18.1 Å². The molecule has 3 aliphatic rings. The molecule has 1 aliphatic carbocycles. The van der Waals surface area contributed by atoms with Crippen molar-refractivity contribution in [1.29, 1.82) is 0 Å². The Morgan fingerprint density at radius 2 is 2.00 bits per heavy atom. The van der Waals surface area contributed by atoms with Gasteiger partial charge in [-0.25, -0.2) is 12.8 Å². The molecule has 1 aromatic heterocycles. The summed E-state index contributed by atoms with van der Waals surface area (Å²) >= 11 is 6.57. The number of furan rings is 1. The lowest BCUT2D eigenvalue weighted by atomic mass is 10.1. The molecular formula is C27H29FN2O5S3. The number of benzene rings is 1. The highest BCUT2D eigenvalue weighted by Crippen LogP contribution is 2.47. The highest BCUT2D eigenvalue weighted by Gasteiger charge is 2.38. The van der Waals surface area contributed by atoms with Crippen LogP contribution in [0.3, 0.4) is 0 Å². The molecule has 202 valence electrons. The molecule has 5 rings (SSSR count). The predicted molar refractivity (Wildman–Crippen MR) is 148 cm³/mol. The van der Waals surface area contributed by atoms with E-state index in [0.717, 1.165) is 12.2 Å². The van der Waals surface area contributed by atoms with Gasteiger partial charge in [0.25, 0.3) is 5.91 Å². The fourth-order valence-corrected chi connectivity index (χ4v) is 7.98. The molecule has 2 aliphatic heterocycles. The van der Waals surface area contributed by atoms with E-state index in [-0.39, 0.29) is 48.6 Å². The van der Waals surface area contributed by atoms with E-state index in [1.54, 1.807) is 23.1 Å². The molecule has 0 spiro atoms. The Labute approximate surface area is 231 Å². The van der Waals surface area contributed by atoms with E-state index in [9.17, 15) is 22.4 Å². The van der Waals surface area contributed by atoms with E-state index in [0.29, 0.717) is 45.2 Å². The van der Waals surface area contributed by atoms with Gasteiger partial charge in [-0.1, -0.05) is 43.0 Å². The van der Waals surface area contributed by atoms with Crippen LogP contribution in [0.2, 0.25) is 0 Å². The van der Waals surface area contributed by atoms with Crippen LogP contribution in [0.25, 0.3) is 6.08 Å². The number of nitrogens with zero attached hydrogens (tertiary/aromatic N) is 2. The van der Waals surface area contributed by atoms with Crippen LogP contribution in [-0.4, -0.2) is 58.4 Å². The van der Waals surface area contributed by atoms with Crippen LogP contribution in [0.5, 0.6) is 0 Å². The van der Waals surface area contributed by atoms with E-state index in [1.807, 2.05) is 12.1 Å². The summed E-state index contributed by atoms with van der Waals surface area (Å²) in [6, 6.07) is 9.27. The van der Waals surface area contributed by atoms with E-state index in [4.69, 9.17) is 16.6 Å². The van der Waals surface area contributed by atoms with Crippen molar-refractivity contribution in [3.8, 4) is 0 Å². The molecular weight excluding hydrogens is 548 g/mol. The molecule has 0 bridgehead atoms. The lowest BCUT2D eigenvalue weighted by molar-refractivity contribution is -0.134. The van der Waals surface area contributed by atoms with Crippen LogP contribution in [0.1, 0.15) is 55.6 Å². The normalized spacial score (nSPS) is 25.4. The number of hydrogen-bond acceptors (Lipinski definition) is 7. The molecule has 11 heteroatoms. The second kappa shape index (κ2) is 10.9. The smallest absolute Gasteiger partial charge is 0.266 e. The molecule has 1 saturated carbocycles. The zero-order chi connectivity index (χ0) is 27.0. The Bertz CT molecular complexity index is 1390. The van der Waals surface area contributed by atoms with Crippen molar-refractivity contribution in [3.05, 3.63) is 64.2 Å². The number of amides is 2. The first kappa shape index (κ1) is 27.1. The van der Waals surface area contributed by atoms with Crippen LogP contribution in [0.4, 0.5) is 4.39 Å². The van der Waals surface area contributed by atoms with Crippen molar-refractivity contribution in [2.24, 2.45) is 5.92 Å². The van der Waals surface area contributed by atoms with Crippen LogP contribution in [-0.2, 0) is 26.0 Å². The zero-order valence-electron chi connectivity index (χ0n) is 21.0. The number of carbonyl (C=O) groups is 2. The first-order valence-corrected chi connectivity index (χ1v) is 15.7. The van der Waals surface area contributed by atoms with Gasteiger partial charge in [-0.15, -0.1) is 0 Å². The van der Waals surface area contributed by atoms with Crippen molar-refractivity contribution in [2.45, 2.75) is 51.1 Å². The SMILES string of the molecule is CC1CC1c1ccc(CN(C(=O)CCCN2C(=O)/C(=C/c3ccc(F)cc3)SC2=S)C2CCS(=O)(=O)C2)o1. The van der Waals surface area contributed by atoms with Crippen LogP contribution >= 0.6 is 24.0 Å².